The number of aliphatic carboxylic acids is 1. The molecule has 0 saturated heterocycles. The van der Waals surface area contributed by atoms with E-state index >= 15 is 0 Å². The first-order valence-corrected chi connectivity index (χ1v) is 12.4. The van der Waals surface area contributed by atoms with Crippen molar-refractivity contribution in [3.05, 3.63) is 23.5 Å². The first kappa shape index (κ1) is 23.6. The molecule has 2 heterocycles. The van der Waals surface area contributed by atoms with Gasteiger partial charge in [0.15, 0.2) is 0 Å². The Balaban J connectivity index is 1.24. The fourth-order valence-electron chi connectivity index (χ4n) is 5.60. The van der Waals surface area contributed by atoms with E-state index in [2.05, 4.69) is 15.3 Å². The Labute approximate surface area is 204 Å². The van der Waals surface area contributed by atoms with Gasteiger partial charge in [-0.05, 0) is 69.4 Å². The van der Waals surface area contributed by atoms with Crippen molar-refractivity contribution in [1.29, 1.82) is 0 Å². The predicted molar refractivity (Wildman–Crippen MR) is 126 cm³/mol. The normalized spacial score (nSPS) is 24.5. The molecule has 3 fully saturated rings. The minimum absolute atomic E-state index is 0.0549. The molecule has 2 aromatic rings. The van der Waals surface area contributed by atoms with Gasteiger partial charge >= 0.3 is 12.1 Å². The number of carboxylic acids is 1. The zero-order valence-corrected chi connectivity index (χ0v) is 20.6. The molecule has 35 heavy (non-hydrogen) atoms. The van der Waals surface area contributed by atoms with Crippen molar-refractivity contribution < 1.29 is 24.2 Å². The molecular formula is C25H33N5O5. The minimum Gasteiger partial charge on any atom is -0.489 e. The standard InChI is InChI=1S/C25H33N5O5/c1-15-20(35-17-7-4-6-16(12-17)23(31)32)9-8-18(26-15)22-19(30(3)28-27-22)14-34-24(33)29(2)21-13-25(21)10-5-11-25/h8-9,16-17,21H,4-7,10-14H2,1-3H3,(H,31,32)/t16-,17+,21?/m1/s1. The second-order valence-corrected chi connectivity index (χ2v) is 10.3. The Morgan fingerprint density at radius 2 is 2.06 bits per heavy atom. The average molecular weight is 484 g/mol. The second-order valence-electron chi connectivity index (χ2n) is 10.3. The lowest BCUT2D eigenvalue weighted by molar-refractivity contribution is -0.143. The van der Waals surface area contributed by atoms with Gasteiger partial charge in [0.2, 0.25) is 0 Å². The van der Waals surface area contributed by atoms with Gasteiger partial charge in [0.05, 0.1) is 23.4 Å². The average Bonchev–Trinajstić information content (AvgIpc) is 3.49. The van der Waals surface area contributed by atoms with Crippen molar-refractivity contribution in [2.75, 3.05) is 7.05 Å². The lowest BCUT2D eigenvalue weighted by Gasteiger charge is -2.29. The van der Waals surface area contributed by atoms with E-state index in [-0.39, 0.29) is 24.7 Å². The summed E-state index contributed by atoms with van der Waals surface area (Å²) in [7, 11) is 3.58. The number of pyridine rings is 1. The number of ether oxygens (including phenoxy) is 2. The Bertz CT molecular complexity index is 1130. The summed E-state index contributed by atoms with van der Waals surface area (Å²) in [6.07, 6.45) is 7.15. The summed E-state index contributed by atoms with van der Waals surface area (Å²) >= 11 is 0. The molecule has 1 spiro atoms. The minimum atomic E-state index is -0.759. The van der Waals surface area contributed by atoms with E-state index < -0.39 is 5.97 Å². The van der Waals surface area contributed by atoms with Crippen LogP contribution < -0.4 is 4.74 Å². The van der Waals surface area contributed by atoms with E-state index in [1.54, 1.807) is 16.6 Å². The molecule has 3 atom stereocenters. The summed E-state index contributed by atoms with van der Waals surface area (Å²) < 4.78 is 13.3. The Morgan fingerprint density at radius 1 is 1.26 bits per heavy atom. The number of hydrogen-bond acceptors (Lipinski definition) is 7. The summed E-state index contributed by atoms with van der Waals surface area (Å²) in [5.74, 6) is -0.479. The van der Waals surface area contributed by atoms with Gasteiger partial charge in [0.1, 0.15) is 23.7 Å². The highest BCUT2D eigenvalue weighted by atomic mass is 16.6. The molecule has 0 aliphatic heterocycles. The summed E-state index contributed by atoms with van der Waals surface area (Å²) in [6.45, 7) is 1.91. The maximum Gasteiger partial charge on any atom is 0.410 e. The van der Waals surface area contributed by atoms with Crippen molar-refractivity contribution in [2.24, 2.45) is 18.4 Å². The van der Waals surface area contributed by atoms with Gasteiger partial charge in [-0.15, -0.1) is 5.10 Å². The van der Waals surface area contributed by atoms with Crippen LogP contribution >= 0.6 is 0 Å². The molecule has 1 unspecified atom stereocenters. The molecule has 0 bridgehead atoms. The summed E-state index contributed by atoms with van der Waals surface area (Å²) in [4.78, 5) is 30.4. The molecule has 188 valence electrons. The van der Waals surface area contributed by atoms with Crippen molar-refractivity contribution in [2.45, 2.75) is 77.0 Å². The van der Waals surface area contributed by atoms with Crippen LogP contribution in [0, 0.1) is 18.3 Å². The quantitative estimate of drug-likeness (QED) is 0.633. The summed E-state index contributed by atoms with van der Waals surface area (Å²) in [6, 6.07) is 3.94. The van der Waals surface area contributed by atoms with Crippen molar-refractivity contribution in [3.63, 3.8) is 0 Å². The van der Waals surface area contributed by atoms with Crippen LogP contribution in [0.15, 0.2) is 12.1 Å². The number of nitrogens with zero attached hydrogens (tertiary/aromatic N) is 5. The first-order chi connectivity index (χ1) is 16.8. The van der Waals surface area contributed by atoms with Crippen molar-refractivity contribution >= 4 is 12.1 Å². The number of hydrogen-bond donors (Lipinski definition) is 1. The van der Waals surface area contributed by atoms with Gasteiger partial charge < -0.3 is 19.5 Å². The highest BCUT2D eigenvalue weighted by molar-refractivity contribution is 5.70. The zero-order valence-electron chi connectivity index (χ0n) is 20.6. The topological polar surface area (TPSA) is 120 Å². The fourth-order valence-corrected chi connectivity index (χ4v) is 5.60. The third-order valence-electron chi connectivity index (χ3n) is 8.08. The van der Waals surface area contributed by atoms with Gasteiger partial charge in [-0.3, -0.25) is 4.79 Å². The molecule has 10 nitrogen and oxygen atoms in total. The molecule has 10 heteroatoms. The number of carbonyl (C=O) groups excluding carboxylic acids is 1. The van der Waals surface area contributed by atoms with Crippen LogP contribution in [0.3, 0.4) is 0 Å². The number of carboxylic acid groups (broad SMARTS) is 1. The Kier molecular flexibility index (Phi) is 6.14. The van der Waals surface area contributed by atoms with E-state index in [9.17, 15) is 14.7 Å². The van der Waals surface area contributed by atoms with Gasteiger partial charge in [-0.1, -0.05) is 11.6 Å². The maximum atomic E-state index is 12.6. The fraction of sp³-hybridized carbons (Fsp3) is 0.640. The van der Waals surface area contributed by atoms with Crippen LogP contribution in [0.1, 0.15) is 62.8 Å². The zero-order chi connectivity index (χ0) is 24.7. The van der Waals surface area contributed by atoms with Gasteiger partial charge in [-0.2, -0.15) is 0 Å². The van der Waals surface area contributed by atoms with Crippen LogP contribution in [-0.4, -0.2) is 61.2 Å². The lowest BCUT2D eigenvalue weighted by Crippen LogP contribution is -2.34. The van der Waals surface area contributed by atoms with Crippen LogP contribution in [0.2, 0.25) is 0 Å². The largest absolute Gasteiger partial charge is 0.489 e. The highest BCUT2D eigenvalue weighted by Crippen LogP contribution is 2.62. The van der Waals surface area contributed by atoms with Gasteiger partial charge in [-0.25, -0.2) is 14.5 Å². The Hall–Kier alpha value is -3.17. The SMILES string of the molecule is Cc1nc(-c2nnn(C)c2COC(=O)N(C)C2CC23CCC3)ccc1O[C@H]1CCC[C@@H](C(=O)O)C1. The van der Waals surface area contributed by atoms with E-state index in [0.29, 0.717) is 52.8 Å². The Morgan fingerprint density at radius 3 is 2.71 bits per heavy atom. The van der Waals surface area contributed by atoms with Gasteiger partial charge in [0, 0.05) is 20.1 Å². The van der Waals surface area contributed by atoms with Crippen LogP contribution in [0.4, 0.5) is 4.79 Å². The molecule has 0 radical (unpaired) electrons. The molecular weight excluding hydrogens is 450 g/mol. The van der Waals surface area contributed by atoms with E-state index in [0.717, 1.165) is 19.3 Å². The summed E-state index contributed by atoms with van der Waals surface area (Å²) in [5.41, 5.74) is 2.88. The highest BCUT2D eigenvalue weighted by Gasteiger charge is 2.60. The number of aryl methyl sites for hydroxylation is 2. The summed E-state index contributed by atoms with van der Waals surface area (Å²) in [5, 5.41) is 17.7. The number of carbonyl (C=O) groups is 2. The smallest absolute Gasteiger partial charge is 0.410 e. The van der Waals surface area contributed by atoms with Crippen LogP contribution in [-0.2, 0) is 23.2 Å². The lowest BCUT2D eigenvalue weighted by atomic mass is 9.81. The molecule has 1 amide bonds. The number of amides is 1. The van der Waals surface area contributed by atoms with Gasteiger partial charge in [0.25, 0.3) is 0 Å². The second kappa shape index (κ2) is 9.13. The monoisotopic (exact) mass is 483 g/mol. The van der Waals surface area contributed by atoms with Crippen LogP contribution in [0.25, 0.3) is 11.4 Å². The predicted octanol–water partition coefficient (Wildman–Crippen LogP) is 3.72. The molecule has 2 aromatic heterocycles. The number of aromatic nitrogens is 4. The third-order valence-corrected chi connectivity index (χ3v) is 8.08. The van der Waals surface area contributed by atoms with Crippen molar-refractivity contribution in [1.82, 2.24) is 24.9 Å². The molecule has 5 rings (SSSR count). The molecule has 3 aliphatic carbocycles. The first-order valence-electron chi connectivity index (χ1n) is 12.4. The van der Waals surface area contributed by atoms with Crippen molar-refractivity contribution in [3.8, 4) is 17.1 Å². The molecule has 1 N–H and O–H groups in total. The maximum absolute atomic E-state index is 12.6. The van der Waals surface area contributed by atoms with Crippen LogP contribution in [0.5, 0.6) is 5.75 Å². The molecule has 0 aromatic carbocycles. The molecule has 3 saturated carbocycles. The molecule has 3 aliphatic rings. The van der Waals surface area contributed by atoms with E-state index in [1.165, 1.54) is 19.3 Å². The number of rotatable bonds is 7. The van der Waals surface area contributed by atoms with E-state index in [4.69, 9.17) is 9.47 Å². The van der Waals surface area contributed by atoms with E-state index in [1.807, 2.05) is 26.1 Å². The third kappa shape index (κ3) is 4.58.